The van der Waals surface area contributed by atoms with Crippen LogP contribution in [0.4, 0.5) is 0 Å². The van der Waals surface area contributed by atoms with Crippen molar-refractivity contribution in [1.82, 2.24) is 0 Å². The molecule has 112 valence electrons. The SMILES string of the molecule is CCCC(C)C(/C=C/CCOc1cccc(Cl)c1)CC. The molecule has 0 fully saturated rings. The third-order valence-corrected chi connectivity index (χ3v) is 3.91. The van der Waals surface area contributed by atoms with Gasteiger partial charge in [-0.3, -0.25) is 0 Å². The average Bonchev–Trinajstić information content (AvgIpc) is 2.43. The Kier molecular flexibility index (Phi) is 8.45. The Labute approximate surface area is 129 Å². The van der Waals surface area contributed by atoms with Crippen molar-refractivity contribution in [3.8, 4) is 5.75 Å². The highest BCUT2D eigenvalue weighted by Gasteiger charge is 2.10. The third-order valence-electron chi connectivity index (χ3n) is 3.68. The fourth-order valence-electron chi connectivity index (χ4n) is 2.47. The Morgan fingerprint density at radius 3 is 2.75 bits per heavy atom. The summed E-state index contributed by atoms with van der Waals surface area (Å²) in [5.41, 5.74) is 0. The lowest BCUT2D eigenvalue weighted by Crippen LogP contribution is -2.08. The molecule has 1 aromatic rings. The number of halogens is 1. The van der Waals surface area contributed by atoms with E-state index in [0.29, 0.717) is 12.5 Å². The Morgan fingerprint density at radius 2 is 2.10 bits per heavy atom. The van der Waals surface area contributed by atoms with Gasteiger partial charge >= 0.3 is 0 Å². The molecule has 0 saturated heterocycles. The van der Waals surface area contributed by atoms with Gasteiger partial charge in [-0.15, -0.1) is 0 Å². The molecule has 0 heterocycles. The molecule has 0 aliphatic rings. The van der Waals surface area contributed by atoms with E-state index in [-0.39, 0.29) is 0 Å². The monoisotopic (exact) mass is 294 g/mol. The van der Waals surface area contributed by atoms with Gasteiger partial charge in [-0.2, -0.15) is 0 Å². The van der Waals surface area contributed by atoms with Gasteiger partial charge in [0.1, 0.15) is 5.75 Å². The van der Waals surface area contributed by atoms with Crippen LogP contribution in [0.3, 0.4) is 0 Å². The van der Waals surface area contributed by atoms with E-state index in [9.17, 15) is 0 Å². The van der Waals surface area contributed by atoms with Crippen molar-refractivity contribution >= 4 is 11.6 Å². The first kappa shape index (κ1) is 17.1. The molecule has 0 aliphatic carbocycles. The molecule has 0 aromatic heterocycles. The van der Waals surface area contributed by atoms with E-state index in [4.69, 9.17) is 16.3 Å². The number of ether oxygens (including phenoxy) is 1. The van der Waals surface area contributed by atoms with E-state index >= 15 is 0 Å². The lowest BCUT2D eigenvalue weighted by molar-refractivity contribution is 0.324. The number of hydrogen-bond acceptors (Lipinski definition) is 1. The van der Waals surface area contributed by atoms with Crippen molar-refractivity contribution < 1.29 is 4.74 Å². The highest BCUT2D eigenvalue weighted by atomic mass is 35.5. The first-order chi connectivity index (χ1) is 9.67. The fraction of sp³-hybridized carbons (Fsp3) is 0.556. The van der Waals surface area contributed by atoms with Crippen LogP contribution in [0.25, 0.3) is 0 Å². The summed E-state index contributed by atoms with van der Waals surface area (Å²) in [6.07, 6.45) is 9.35. The van der Waals surface area contributed by atoms with E-state index < -0.39 is 0 Å². The van der Waals surface area contributed by atoms with Gasteiger partial charge < -0.3 is 4.74 Å². The van der Waals surface area contributed by atoms with Crippen LogP contribution in [0.15, 0.2) is 36.4 Å². The Morgan fingerprint density at radius 1 is 1.30 bits per heavy atom. The van der Waals surface area contributed by atoms with Crippen molar-refractivity contribution in [2.24, 2.45) is 11.8 Å². The molecule has 1 nitrogen and oxygen atoms in total. The molecule has 2 heteroatoms. The predicted molar refractivity (Wildman–Crippen MR) is 88.6 cm³/mol. The summed E-state index contributed by atoms with van der Waals surface area (Å²) in [4.78, 5) is 0. The summed E-state index contributed by atoms with van der Waals surface area (Å²) in [5.74, 6) is 2.31. The Balaban J connectivity index is 2.30. The summed E-state index contributed by atoms with van der Waals surface area (Å²) in [6, 6.07) is 7.56. The molecule has 2 atom stereocenters. The van der Waals surface area contributed by atoms with Gasteiger partial charge in [0.2, 0.25) is 0 Å². The lowest BCUT2D eigenvalue weighted by Gasteiger charge is -2.18. The van der Waals surface area contributed by atoms with Crippen LogP contribution in [0.2, 0.25) is 5.02 Å². The second-order valence-electron chi connectivity index (χ2n) is 5.36. The zero-order valence-electron chi connectivity index (χ0n) is 12.9. The van der Waals surface area contributed by atoms with E-state index in [1.807, 2.05) is 24.3 Å². The molecule has 0 spiro atoms. The summed E-state index contributed by atoms with van der Waals surface area (Å²) in [6.45, 7) is 7.58. The second kappa shape index (κ2) is 9.88. The zero-order valence-corrected chi connectivity index (χ0v) is 13.7. The van der Waals surface area contributed by atoms with Crippen LogP contribution >= 0.6 is 11.6 Å². The van der Waals surface area contributed by atoms with Gasteiger partial charge in [0.15, 0.2) is 0 Å². The van der Waals surface area contributed by atoms with Crippen molar-refractivity contribution in [1.29, 1.82) is 0 Å². The molecule has 0 N–H and O–H groups in total. The molecule has 2 unspecified atom stereocenters. The fourth-order valence-corrected chi connectivity index (χ4v) is 2.65. The quantitative estimate of drug-likeness (QED) is 0.393. The van der Waals surface area contributed by atoms with Gasteiger partial charge in [0, 0.05) is 5.02 Å². The molecule has 0 bridgehead atoms. The number of rotatable bonds is 9. The van der Waals surface area contributed by atoms with Crippen LogP contribution in [0.1, 0.15) is 46.5 Å². The van der Waals surface area contributed by atoms with E-state index in [1.54, 1.807) is 0 Å². The zero-order chi connectivity index (χ0) is 14.8. The first-order valence-electron chi connectivity index (χ1n) is 7.72. The number of allylic oxidation sites excluding steroid dienone is 1. The van der Waals surface area contributed by atoms with Crippen LogP contribution in [-0.2, 0) is 0 Å². The van der Waals surface area contributed by atoms with E-state index in [1.165, 1.54) is 19.3 Å². The topological polar surface area (TPSA) is 9.23 Å². The molecule has 0 saturated carbocycles. The standard InChI is InChI=1S/C18H27ClO/c1-4-9-15(3)16(5-2)10-6-7-13-20-18-12-8-11-17(19)14-18/h6,8,10-12,14-16H,4-5,7,9,13H2,1-3H3/b10-6+. The van der Waals surface area contributed by atoms with Gasteiger partial charge in [-0.05, 0) is 42.9 Å². The van der Waals surface area contributed by atoms with Gasteiger partial charge in [-0.25, -0.2) is 0 Å². The second-order valence-corrected chi connectivity index (χ2v) is 5.80. The molecular formula is C18H27ClO. The average molecular weight is 295 g/mol. The molecule has 1 aromatic carbocycles. The van der Waals surface area contributed by atoms with Crippen LogP contribution in [0.5, 0.6) is 5.75 Å². The van der Waals surface area contributed by atoms with Gasteiger partial charge in [-0.1, -0.05) is 63.4 Å². The van der Waals surface area contributed by atoms with Crippen LogP contribution < -0.4 is 4.74 Å². The summed E-state index contributed by atoms with van der Waals surface area (Å²) in [5, 5.41) is 0.720. The minimum Gasteiger partial charge on any atom is -0.493 e. The lowest BCUT2D eigenvalue weighted by atomic mass is 9.88. The summed E-state index contributed by atoms with van der Waals surface area (Å²) >= 11 is 5.92. The number of hydrogen-bond donors (Lipinski definition) is 0. The molecule has 0 amide bonds. The van der Waals surface area contributed by atoms with Crippen molar-refractivity contribution in [3.05, 3.63) is 41.4 Å². The van der Waals surface area contributed by atoms with Gasteiger partial charge in [0.25, 0.3) is 0 Å². The van der Waals surface area contributed by atoms with Crippen LogP contribution in [0, 0.1) is 11.8 Å². The minimum absolute atomic E-state index is 0.695. The van der Waals surface area contributed by atoms with Crippen molar-refractivity contribution in [3.63, 3.8) is 0 Å². The smallest absolute Gasteiger partial charge is 0.120 e. The van der Waals surface area contributed by atoms with E-state index in [2.05, 4.69) is 32.9 Å². The number of benzene rings is 1. The maximum Gasteiger partial charge on any atom is 0.120 e. The largest absolute Gasteiger partial charge is 0.493 e. The maximum absolute atomic E-state index is 5.92. The molecule has 1 rings (SSSR count). The predicted octanol–water partition coefficient (Wildman–Crippen LogP) is 6.13. The Hall–Kier alpha value is -0.950. The van der Waals surface area contributed by atoms with Crippen molar-refractivity contribution in [2.45, 2.75) is 46.5 Å². The summed E-state index contributed by atoms with van der Waals surface area (Å²) < 4.78 is 5.67. The first-order valence-corrected chi connectivity index (χ1v) is 8.10. The highest BCUT2D eigenvalue weighted by molar-refractivity contribution is 6.30. The maximum atomic E-state index is 5.92. The minimum atomic E-state index is 0.695. The van der Waals surface area contributed by atoms with Crippen molar-refractivity contribution in [2.75, 3.05) is 6.61 Å². The molecule has 20 heavy (non-hydrogen) atoms. The summed E-state index contributed by atoms with van der Waals surface area (Å²) in [7, 11) is 0. The molecule has 0 aliphatic heterocycles. The molecular weight excluding hydrogens is 268 g/mol. The van der Waals surface area contributed by atoms with Crippen LogP contribution in [-0.4, -0.2) is 6.61 Å². The Bertz CT molecular complexity index is 400. The third kappa shape index (κ3) is 6.47. The highest BCUT2D eigenvalue weighted by Crippen LogP contribution is 2.22. The normalized spacial score (nSPS) is 14.4. The van der Waals surface area contributed by atoms with Gasteiger partial charge in [0.05, 0.1) is 6.61 Å². The van der Waals surface area contributed by atoms with E-state index in [0.717, 1.165) is 23.1 Å². The molecule has 0 radical (unpaired) electrons.